The van der Waals surface area contributed by atoms with Gasteiger partial charge < -0.3 is 10.4 Å². The van der Waals surface area contributed by atoms with Crippen LogP contribution in [0.3, 0.4) is 0 Å². The van der Waals surface area contributed by atoms with Gasteiger partial charge in [-0.3, -0.25) is 9.89 Å². The molecular formula is C15H17N3O2. The van der Waals surface area contributed by atoms with Crippen molar-refractivity contribution in [2.24, 2.45) is 5.92 Å². The fraction of sp³-hybridized carbons (Fsp3) is 0.333. The molecule has 1 aliphatic rings. The van der Waals surface area contributed by atoms with E-state index in [0.717, 1.165) is 22.9 Å². The van der Waals surface area contributed by atoms with Crippen molar-refractivity contribution >= 4 is 16.8 Å². The average molecular weight is 271 g/mol. The van der Waals surface area contributed by atoms with Crippen LogP contribution in [-0.2, 0) is 0 Å². The number of hydrogen-bond acceptors (Lipinski definition) is 3. The van der Waals surface area contributed by atoms with Gasteiger partial charge in [-0.25, -0.2) is 0 Å². The van der Waals surface area contributed by atoms with Crippen LogP contribution in [0.15, 0.2) is 30.4 Å². The number of amides is 1. The number of benzene rings is 1. The molecule has 0 spiro atoms. The summed E-state index contributed by atoms with van der Waals surface area (Å²) in [6.07, 6.45) is 4.61. The Hall–Kier alpha value is -2.14. The fourth-order valence-electron chi connectivity index (χ4n) is 2.55. The third kappa shape index (κ3) is 2.32. The van der Waals surface area contributed by atoms with Crippen LogP contribution in [0.4, 0.5) is 0 Å². The van der Waals surface area contributed by atoms with E-state index in [0.29, 0.717) is 5.69 Å². The summed E-state index contributed by atoms with van der Waals surface area (Å²) in [5.74, 6) is -0.0476. The molecule has 0 aliphatic heterocycles. The van der Waals surface area contributed by atoms with Crippen molar-refractivity contribution in [3.05, 3.63) is 41.6 Å². The highest BCUT2D eigenvalue weighted by Crippen LogP contribution is 2.20. The zero-order valence-corrected chi connectivity index (χ0v) is 11.3. The number of hydrogen-bond donors (Lipinski definition) is 3. The molecule has 3 N–H and O–H groups in total. The molecule has 1 amide bonds. The molecule has 5 nitrogen and oxygen atoms in total. The maximum Gasteiger partial charge on any atom is 0.272 e. The number of aryl methyl sites for hydroxylation is 1. The summed E-state index contributed by atoms with van der Waals surface area (Å²) in [6, 6.07) is 5.82. The fourth-order valence-corrected chi connectivity index (χ4v) is 2.55. The number of aliphatic hydroxyl groups excluding tert-OH is 1. The lowest BCUT2D eigenvalue weighted by Crippen LogP contribution is -2.33. The van der Waals surface area contributed by atoms with Crippen molar-refractivity contribution < 1.29 is 9.90 Å². The monoisotopic (exact) mass is 271 g/mol. The van der Waals surface area contributed by atoms with Gasteiger partial charge in [-0.05, 0) is 25.5 Å². The van der Waals surface area contributed by atoms with Crippen molar-refractivity contribution in [2.75, 3.05) is 6.61 Å². The number of fused-ring (bicyclic) bond motifs is 1. The number of aromatic amines is 1. The highest BCUT2D eigenvalue weighted by atomic mass is 16.3. The summed E-state index contributed by atoms with van der Waals surface area (Å²) in [4.78, 5) is 12.3. The molecule has 2 atom stereocenters. The predicted molar refractivity (Wildman–Crippen MR) is 76.4 cm³/mol. The molecule has 0 bridgehead atoms. The second kappa shape index (κ2) is 5.09. The number of H-pyrrole nitrogens is 1. The zero-order chi connectivity index (χ0) is 14.1. The first kappa shape index (κ1) is 12.9. The van der Waals surface area contributed by atoms with Crippen molar-refractivity contribution in [1.29, 1.82) is 0 Å². The largest absolute Gasteiger partial charge is 0.396 e. The van der Waals surface area contributed by atoms with Gasteiger partial charge in [0.05, 0.1) is 5.52 Å². The lowest BCUT2D eigenvalue weighted by molar-refractivity contribution is 0.0937. The topological polar surface area (TPSA) is 78.0 Å². The molecule has 2 aromatic rings. The molecule has 3 rings (SSSR count). The molecule has 0 radical (unpaired) electrons. The zero-order valence-electron chi connectivity index (χ0n) is 11.3. The van der Waals surface area contributed by atoms with Crippen molar-refractivity contribution in [2.45, 2.75) is 19.4 Å². The lowest BCUT2D eigenvalue weighted by atomic mass is 10.1. The third-order valence-electron chi connectivity index (χ3n) is 3.66. The highest BCUT2D eigenvalue weighted by Gasteiger charge is 2.22. The smallest absolute Gasteiger partial charge is 0.272 e. The van der Waals surface area contributed by atoms with Crippen molar-refractivity contribution in [3.8, 4) is 0 Å². The molecule has 5 heteroatoms. The summed E-state index contributed by atoms with van der Waals surface area (Å²) in [7, 11) is 0. The Balaban J connectivity index is 1.79. The van der Waals surface area contributed by atoms with E-state index >= 15 is 0 Å². The number of carbonyl (C=O) groups is 1. The Morgan fingerprint density at radius 3 is 3.10 bits per heavy atom. The van der Waals surface area contributed by atoms with E-state index < -0.39 is 0 Å². The predicted octanol–water partition coefficient (Wildman–Crippen LogP) is 1.54. The van der Waals surface area contributed by atoms with Crippen LogP contribution < -0.4 is 5.32 Å². The van der Waals surface area contributed by atoms with Crippen LogP contribution in [0.25, 0.3) is 10.9 Å². The molecule has 104 valence electrons. The van der Waals surface area contributed by atoms with E-state index in [1.807, 2.05) is 37.3 Å². The first-order valence-corrected chi connectivity index (χ1v) is 6.72. The minimum Gasteiger partial charge on any atom is -0.396 e. The van der Waals surface area contributed by atoms with E-state index in [-0.39, 0.29) is 24.5 Å². The Labute approximate surface area is 116 Å². The maximum absolute atomic E-state index is 12.3. The average Bonchev–Trinajstić information content (AvgIpc) is 3.04. The molecule has 20 heavy (non-hydrogen) atoms. The summed E-state index contributed by atoms with van der Waals surface area (Å²) in [5.41, 5.74) is 2.37. The highest BCUT2D eigenvalue weighted by molar-refractivity contribution is 6.05. The van der Waals surface area contributed by atoms with Gasteiger partial charge in [0, 0.05) is 24.0 Å². The van der Waals surface area contributed by atoms with Gasteiger partial charge in [-0.1, -0.05) is 23.8 Å². The molecule has 1 aromatic heterocycles. The van der Waals surface area contributed by atoms with E-state index in [9.17, 15) is 4.79 Å². The summed E-state index contributed by atoms with van der Waals surface area (Å²) >= 11 is 0. The molecule has 0 fully saturated rings. The van der Waals surface area contributed by atoms with Gasteiger partial charge in [0.1, 0.15) is 0 Å². The first-order chi connectivity index (χ1) is 9.67. The number of nitrogens with one attached hydrogen (secondary N) is 2. The lowest BCUT2D eigenvalue weighted by Gasteiger charge is -2.11. The second-order valence-electron chi connectivity index (χ2n) is 5.26. The number of aromatic nitrogens is 2. The summed E-state index contributed by atoms with van der Waals surface area (Å²) in [5, 5.41) is 19.8. The van der Waals surface area contributed by atoms with Crippen molar-refractivity contribution in [1.82, 2.24) is 15.5 Å². The van der Waals surface area contributed by atoms with Crippen molar-refractivity contribution in [3.63, 3.8) is 0 Å². The van der Waals surface area contributed by atoms with Gasteiger partial charge in [-0.2, -0.15) is 5.10 Å². The van der Waals surface area contributed by atoms with Crippen LogP contribution in [0.2, 0.25) is 0 Å². The van der Waals surface area contributed by atoms with Gasteiger partial charge in [0.15, 0.2) is 5.69 Å². The van der Waals surface area contributed by atoms with E-state index in [1.54, 1.807) is 0 Å². The van der Waals surface area contributed by atoms with Gasteiger partial charge in [0.25, 0.3) is 5.91 Å². The number of carbonyl (C=O) groups excluding carboxylic acids is 1. The molecule has 1 aromatic carbocycles. The van der Waals surface area contributed by atoms with Gasteiger partial charge in [-0.15, -0.1) is 0 Å². The SMILES string of the molecule is Cc1ccc2[nH]nc(C(=O)N[C@@H]3C=C[C@H](CO)C3)c2c1. The molecule has 1 aliphatic carbocycles. The van der Waals surface area contributed by atoms with E-state index in [1.165, 1.54) is 0 Å². The quantitative estimate of drug-likeness (QED) is 0.741. The molecule has 0 unspecified atom stereocenters. The number of nitrogens with zero attached hydrogens (tertiary/aromatic N) is 1. The molecule has 0 saturated heterocycles. The Morgan fingerprint density at radius 2 is 2.35 bits per heavy atom. The first-order valence-electron chi connectivity index (χ1n) is 6.72. The van der Waals surface area contributed by atoms with Crippen LogP contribution in [0.5, 0.6) is 0 Å². The minimum atomic E-state index is -0.185. The second-order valence-corrected chi connectivity index (χ2v) is 5.26. The summed E-state index contributed by atoms with van der Waals surface area (Å²) < 4.78 is 0. The molecule has 1 heterocycles. The van der Waals surface area contributed by atoms with Crippen LogP contribution in [0, 0.1) is 12.8 Å². The molecular weight excluding hydrogens is 254 g/mol. The number of rotatable bonds is 3. The van der Waals surface area contributed by atoms with Gasteiger partial charge in [0.2, 0.25) is 0 Å². The summed E-state index contributed by atoms with van der Waals surface area (Å²) in [6.45, 7) is 2.10. The van der Waals surface area contributed by atoms with E-state index in [2.05, 4.69) is 15.5 Å². The van der Waals surface area contributed by atoms with Crippen LogP contribution in [-0.4, -0.2) is 33.9 Å². The third-order valence-corrected chi connectivity index (χ3v) is 3.66. The Bertz CT molecular complexity index is 675. The van der Waals surface area contributed by atoms with Gasteiger partial charge >= 0.3 is 0 Å². The maximum atomic E-state index is 12.3. The molecule has 0 saturated carbocycles. The normalized spacial score (nSPS) is 21.5. The van der Waals surface area contributed by atoms with Crippen LogP contribution >= 0.6 is 0 Å². The Morgan fingerprint density at radius 1 is 1.50 bits per heavy atom. The standard InChI is InChI=1S/C15H17N3O2/c1-9-2-5-13-12(6-9)14(18-17-13)15(20)16-11-4-3-10(7-11)8-19/h2-6,10-11,19H,7-8H2,1H3,(H,16,20)(H,17,18)/t10-,11+/m0/s1. The van der Waals surface area contributed by atoms with E-state index in [4.69, 9.17) is 5.11 Å². The minimum absolute atomic E-state index is 0.0313. The Kier molecular flexibility index (Phi) is 3.28. The number of aliphatic hydroxyl groups is 1. The van der Waals surface area contributed by atoms with Crippen LogP contribution in [0.1, 0.15) is 22.5 Å².